The lowest BCUT2D eigenvalue weighted by Gasteiger charge is -2.27. The lowest BCUT2D eigenvalue weighted by atomic mass is 9.98. The van der Waals surface area contributed by atoms with Gasteiger partial charge in [0.2, 0.25) is 5.75 Å². The third-order valence-electron chi connectivity index (χ3n) is 6.38. The van der Waals surface area contributed by atoms with Gasteiger partial charge >= 0.3 is 11.8 Å². The van der Waals surface area contributed by atoms with Crippen LogP contribution in [0.3, 0.4) is 0 Å². The van der Waals surface area contributed by atoms with E-state index in [4.69, 9.17) is 4.74 Å². The van der Waals surface area contributed by atoms with Crippen LogP contribution in [0, 0.1) is 11.7 Å². The molecule has 0 aliphatic carbocycles. The number of carbonyl (C=O) groups is 3. The molecule has 1 aliphatic heterocycles. The van der Waals surface area contributed by atoms with Crippen molar-refractivity contribution in [1.29, 1.82) is 0 Å². The summed E-state index contributed by atoms with van der Waals surface area (Å²) in [6, 6.07) is 14.9. The van der Waals surface area contributed by atoms with Gasteiger partial charge < -0.3 is 20.3 Å². The normalized spacial score (nSPS) is 14.2. The molecule has 2 heterocycles. The molecule has 0 saturated carbocycles. The van der Waals surface area contributed by atoms with E-state index in [1.54, 1.807) is 12.1 Å². The Morgan fingerprint density at radius 1 is 1.05 bits per heavy atom. The molecular weight excluding hydrogens is 505 g/mol. The van der Waals surface area contributed by atoms with Gasteiger partial charge in [-0.25, -0.2) is 9.37 Å². The zero-order valence-electron chi connectivity index (χ0n) is 21.8. The fourth-order valence-corrected chi connectivity index (χ4v) is 4.21. The number of hydrogen-bond acceptors (Lipinski definition) is 6. The molecule has 4 rings (SSSR count). The van der Waals surface area contributed by atoms with Crippen LogP contribution in [-0.4, -0.2) is 52.8 Å². The van der Waals surface area contributed by atoms with Crippen molar-refractivity contribution in [2.45, 2.75) is 32.5 Å². The number of carbonyl (C=O) groups excluding carboxylic acids is 3. The van der Waals surface area contributed by atoms with Crippen LogP contribution >= 0.6 is 0 Å². The molecule has 0 radical (unpaired) electrons. The molecule has 1 aromatic heterocycles. The van der Waals surface area contributed by atoms with Crippen molar-refractivity contribution in [3.8, 4) is 5.75 Å². The van der Waals surface area contributed by atoms with E-state index in [0.717, 1.165) is 5.56 Å². The molecular formula is C28H30FN5O5. The lowest BCUT2D eigenvalue weighted by Crippen LogP contribution is -2.43. The van der Waals surface area contributed by atoms with Crippen molar-refractivity contribution in [2.75, 3.05) is 20.6 Å². The SMILES string of the molecule is CN(C)C(=O)C(=O)NCC1CCc2nc(C(=O)NCc3ccc(F)cc3)c(OCc3ccccc3)c(=O)n2C1. The highest BCUT2D eigenvalue weighted by atomic mass is 19.1. The molecule has 11 heteroatoms. The van der Waals surface area contributed by atoms with Crippen LogP contribution in [-0.2, 0) is 35.7 Å². The highest BCUT2D eigenvalue weighted by molar-refractivity contribution is 6.34. The Labute approximate surface area is 224 Å². The van der Waals surface area contributed by atoms with E-state index in [2.05, 4.69) is 15.6 Å². The van der Waals surface area contributed by atoms with Crippen molar-refractivity contribution in [3.63, 3.8) is 0 Å². The molecule has 39 heavy (non-hydrogen) atoms. The summed E-state index contributed by atoms with van der Waals surface area (Å²) >= 11 is 0. The van der Waals surface area contributed by atoms with Gasteiger partial charge in [-0.1, -0.05) is 42.5 Å². The number of hydrogen-bond donors (Lipinski definition) is 2. The van der Waals surface area contributed by atoms with E-state index in [-0.39, 0.29) is 49.4 Å². The van der Waals surface area contributed by atoms with Gasteiger partial charge in [-0.3, -0.25) is 23.7 Å². The smallest absolute Gasteiger partial charge is 0.311 e. The average Bonchev–Trinajstić information content (AvgIpc) is 2.95. The van der Waals surface area contributed by atoms with Crippen LogP contribution in [0.15, 0.2) is 59.4 Å². The third kappa shape index (κ3) is 6.86. The Morgan fingerprint density at radius 3 is 2.46 bits per heavy atom. The van der Waals surface area contributed by atoms with Gasteiger partial charge in [0.25, 0.3) is 11.5 Å². The van der Waals surface area contributed by atoms with Gasteiger partial charge in [-0.2, -0.15) is 0 Å². The average molecular weight is 536 g/mol. The molecule has 10 nitrogen and oxygen atoms in total. The zero-order valence-corrected chi connectivity index (χ0v) is 21.8. The second-order valence-corrected chi connectivity index (χ2v) is 9.52. The van der Waals surface area contributed by atoms with Crippen molar-refractivity contribution in [2.24, 2.45) is 5.92 Å². The van der Waals surface area contributed by atoms with Crippen LogP contribution in [0.1, 0.15) is 33.9 Å². The number of nitrogens with one attached hydrogen (secondary N) is 2. The van der Waals surface area contributed by atoms with E-state index < -0.39 is 23.3 Å². The first kappa shape index (κ1) is 27.5. The highest BCUT2D eigenvalue weighted by Gasteiger charge is 2.28. The quantitative estimate of drug-likeness (QED) is 0.423. The van der Waals surface area contributed by atoms with Gasteiger partial charge in [0.1, 0.15) is 18.2 Å². The highest BCUT2D eigenvalue weighted by Crippen LogP contribution is 2.21. The van der Waals surface area contributed by atoms with Gasteiger partial charge in [0.05, 0.1) is 0 Å². The van der Waals surface area contributed by atoms with Crippen LogP contribution in [0.4, 0.5) is 4.39 Å². The number of amides is 3. The Balaban J connectivity index is 1.55. The number of nitrogens with zero attached hydrogens (tertiary/aromatic N) is 3. The molecule has 3 aromatic rings. The predicted molar refractivity (Wildman–Crippen MR) is 140 cm³/mol. The first-order valence-electron chi connectivity index (χ1n) is 12.6. The summed E-state index contributed by atoms with van der Waals surface area (Å²) < 4.78 is 20.6. The number of ether oxygens (including phenoxy) is 1. The second-order valence-electron chi connectivity index (χ2n) is 9.52. The maximum absolute atomic E-state index is 13.6. The van der Waals surface area contributed by atoms with Crippen LogP contribution in [0.2, 0.25) is 0 Å². The standard InChI is InChI=1S/C28H30FN5O5/c1-33(2)28(38)26(36)31-15-20-10-13-22-32-23(25(35)30-14-18-8-11-21(29)12-9-18)24(27(37)34(22)16-20)39-17-19-6-4-3-5-7-19/h3-9,11-12,20H,10,13-17H2,1-2H3,(H,30,35)(H,31,36). The maximum Gasteiger partial charge on any atom is 0.311 e. The summed E-state index contributed by atoms with van der Waals surface area (Å²) in [7, 11) is 2.99. The second kappa shape index (κ2) is 12.3. The Kier molecular flexibility index (Phi) is 8.70. The summed E-state index contributed by atoms with van der Waals surface area (Å²) in [4.78, 5) is 56.3. The van der Waals surface area contributed by atoms with E-state index in [1.807, 2.05) is 30.3 Å². The molecule has 1 unspecified atom stereocenters. The third-order valence-corrected chi connectivity index (χ3v) is 6.38. The first-order chi connectivity index (χ1) is 18.7. The Morgan fingerprint density at radius 2 is 1.77 bits per heavy atom. The molecule has 2 N–H and O–H groups in total. The summed E-state index contributed by atoms with van der Waals surface area (Å²) in [5.41, 5.74) is 0.878. The number of aryl methyl sites for hydroxylation is 1. The van der Waals surface area contributed by atoms with E-state index in [1.165, 1.54) is 35.7 Å². The van der Waals surface area contributed by atoms with Crippen LogP contribution in [0.5, 0.6) is 5.75 Å². The predicted octanol–water partition coefficient (Wildman–Crippen LogP) is 1.66. The number of benzene rings is 2. The monoisotopic (exact) mass is 535 g/mol. The number of aromatic nitrogens is 2. The number of rotatable bonds is 8. The largest absolute Gasteiger partial charge is 0.481 e. The molecule has 2 aromatic carbocycles. The summed E-state index contributed by atoms with van der Waals surface area (Å²) in [6.45, 7) is 0.632. The minimum Gasteiger partial charge on any atom is -0.481 e. The van der Waals surface area contributed by atoms with E-state index >= 15 is 0 Å². The lowest BCUT2D eigenvalue weighted by molar-refractivity contribution is -0.144. The minimum atomic E-state index is -0.712. The first-order valence-corrected chi connectivity index (χ1v) is 12.6. The molecule has 3 amide bonds. The minimum absolute atomic E-state index is 0.0570. The molecule has 0 fully saturated rings. The van der Waals surface area contributed by atoms with Gasteiger partial charge in [0, 0.05) is 40.2 Å². The maximum atomic E-state index is 13.6. The molecule has 0 spiro atoms. The van der Waals surface area contributed by atoms with Gasteiger partial charge in [0.15, 0.2) is 5.69 Å². The molecule has 1 atom stereocenters. The Bertz CT molecular complexity index is 1410. The van der Waals surface area contributed by atoms with Crippen molar-refractivity contribution >= 4 is 17.7 Å². The Hall–Kier alpha value is -4.54. The summed E-state index contributed by atoms with van der Waals surface area (Å²) in [6.07, 6.45) is 0.998. The topological polar surface area (TPSA) is 123 Å². The number of halogens is 1. The van der Waals surface area contributed by atoms with Crippen LogP contribution < -0.4 is 20.9 Å². The van der Waals surface area contributed by atoms with Crippen LogP contribution in [0.25, 0.3) is 0 Å². The molecule has 204 valence electrons. The van der Waals surface area contributed by atoms with Crippen molar-refractivity contribution < 1.29 is 23.5 Å². The fourth-order valence-electron chi connectivity index (χ4n) is 4.21. The summed E-state index contributed by atoms with van der Waals surface area (Å²) in [5.74, 6) is -2.18. The summed E-state index contributed by atoms with van der Waals surface area (Å²) in [5, 5.41) is 5.36. The molecule has 0 saturated heterocycles. The van der Waals surface area contributed by atoms with E-state index in [0.29, 0.717) is 24.2 Å². The van der Waals surface area contributed by atoms with Crippen molar-refractivity contribution in [1.82, 2.24) is 25.1 Å². The van der Waals surface area contributed by atoms with Gasteiger partial charge in [-0.05, 0) is 35.6 Å². The van der Waals surface area contributed by atoms with Gasteiger partial charge in [-0.15, -0.1) is 0 Å². The number of fused-ring (bicyclic) bond motifs is 1. The van der Waals surface area contributed by atoms with Crippen molar-refractivity contribution in [3.05, 3.63) is 93.4 Å². The number of likely N-dealkylation sites (N-methyl/N-ethyl adjacent to an activating group) is 1. The zero-order chi connectivity index (χ0) is 27.9. The fraction of sp³-hybridized carbons (Fsp3) is 0.321. The van der Waals surface area contributed by atoms with E-state index in [9.17, 15) is 23.6 Å². The molecule has 1 aliphatic rings. The molecule has 0 bridgehead atoms.